The highest BCUT2D eigenvalue weighted by atomic mass is 16.4. The van der Waals surface area contributed by atoms with Crippen LogP contribution in [0, 0.1) is 0 Å². The summed E-state index contributed by atoms with van der Waals surface area (Å²) in [6, 6.07) is -1.61. The van der Waals surface area contributed by atoms with Crippen LogP contribution in [0.5, 0.6) is 0 Å². The summed E-state index contributed by atoms with van der Waals surface area (Å²) in [4.78, 5) is 63.5. The number of unbranched alkanes of at least 4 members (excludes halogenated alkanes) is 38. The van der Waals surface area contributed by atoms with E-state index < -0.39 is 18.1 Å². The molecule has 0 saturated heterocycles. The van der Waals surface area contributed by atoms with Crippen LogP contribution in [-0.4, -0.2) is 59.9 Å². The Morgan fingerprint density at radius 1 is 0.300 bits per heavy atom. The van der Waals surface area contributed by atoms with Gasteiger partial charge in [0.15, 0.2) is 0 Å². The van der Waals surface area contributed by atoms with Gasteiger partial charge in [0.1, 0.15) is 12.1 Å². The zero-order valence-corrected chi connectivity index (χ0v) is 46.5. The largest absolute Gasteiger partial charge is 0.480 e. The second-order valence-corrected chi connectivity index (χ2v) is 21.2. The van der Waals surface area contributed by atoms with Crippen LogP contribution in [0.4, 0.5) is 0 Å². The van der Waals surface area contributed by atoms with E-state index in [-0.39, 0.29) is 23.6 Å². The molecule has 0 unspecified atom stereocenters. The molecule has 10 nitrogen and oxygen atoms in total. The molecule has 10 heteroatoms. The van der Waals surface area contributed by atoms with Crippen LogP contribution in [0.2, 0.25) is 0 Å². The molecule has 4 amide bonds. The monoisotopic (exact) mass is 989 g/mol. The Labute approximate surface area is 432 Å². The smallest absolute Gasteiger partial charge is 0.326 e. The first kappa shape index (κ1) is 67.3. The van der Waals surface area contributed by atoms with Crippen LogP contribution in [-0.2, 0) is 24.0 Å². The lowest BCUT2D eigenvalue weighted by atomic mass is 10.0. The van der Waals surface area contributed by atoms with E-state index in [0.717, 1.165) is 57.8 Å². The Morgan fingerprint density at radius 3 is 0.871 bits per heavy atom. The summed E-state index contributed by atoms with van der Waals surface area (Å²) < 4.78 is 0. The number of aliphatic carboxylic acids is 1. The van der Waals surface area contributed by atoms with Crippen molar-refractivity contribution in [3.8, 4) is 0 Å². The summed E-state index contributed by atoms with van der Waals surface area (Å²) in [5, 5.41) is 21.5. The Hall–Kier alpha value is -2.65. The number of amides is 4. The molecule has 0 spiro atoms. The number of carboxylic acid groups (broad SMARTS) is 1. The van der Waals surface area contributed by atoms with E-state index in [1.54, 1.807) is 0 Å². The Bertz CT molecular complexity index is 1200. The van der Waals surface area contributed by atoms with E-state index >= 15 is 0 Å². The van der Waals surface area contributed by atoms with Gasteiger partial charge in [0.2, 0.25) is 23.6 Å². The predicted octanol–water partition coefficient (Wildman–Crippen LogP) is 16.1. The lowest BCUT2D eigenvalue weighted by Crippen LogP contribution is -2.47. The van der Waals surface area contributed by atoms with Gasteiger partial charge in [-0.25, -0.2) is 4.79 Å². The molecule has 0 aromatic rings. The topological polar surface area (TPSA) is 154 Å². The van der Waals surface area contributed by atoms with Gasteiger partial charge in [-0.1, -0.05) is 252 Å². The van der Waals surface area contributed by atoms with Crippen molar-refractivity contribution in [3.63, 3.8) is 0 Å². The second-order valence-electron chi connectivity index (χ2n) is 21.2. The molecular weight excluding hydrogens is 873 g/mol. The van der Waals surface area contributed by atoms with Gasteiger partial charge in [0.05, 0.1) is 0 Å². The molecule has 0 aromatic carbocycles. The van der Waals surface area contributed by atoms with Crippen LogP contribution < -0.4 is 21.3 Å². The Kier molecular flexibility index (Phi) is 52.1. The molecule has 0 fully saturated rings. The molecule has 0 aliphatic heterocycles. The van der Waals surface area contributed by atoms with Gasteiger partial charge in [0.25, 0.3) is 0 Å². The SMILES string of the molecule is CCCCCCCCCCCCCCCC(=O)NCCCC[C@H](NC(=O)CCCCCCCCCCCCCCC)C(=O)NCCCC[C@H](NC(=O)CCCCCCCCCCCCCCC)C(=O)O. The molecule has 0 aromatic heterocycles. The molecule has 70 heavy (non-hydrogen) atoms. The fraction of sp³-hybridized carbons (Fsp3) is 0.917. The number of nitrogens with one attached hydrogen (secondary N) is 4. The van der Waals surface area contributed by atoms with Crippen molar-refractivity contribution in [3.05, 3.63) is 0 Å². The van der Waals surface area contributed by atoms with Crippen molar-refractivity contribution in [2.75, 3.05) is 13.1 Å². The Balaban J connectivity index is 4.58. The number of hydrogen-bond acceptors (Lipinski definition) is 5. The normalized spacial score (nSPS) is 12.2. The maximum absolute atomic E-state index is 13.4. The van der Waals surface area contributed by atoms with Gasteiger partial charge in [-0.15, -0.1) is 0 Å². The highest BCUT2D eigenvalue weighted by Gasteiger charge is 2.22. The fourth-order valence-corrected chi connectivity index (χ4v) is 9.57. The second kappa shape index (κ2) is 54.1. The van der Waals surface area contributed by atoms with Crippen molar-refractivity contribution in [2.45, 2.75) is 341 Å². The summed E-state index contributed by atoms with van der Waals surface area (Å²) >= 11 is 0. The van der Waals surface area contributed by atoms with E-state index in [4.69, 9.17) is 0 Å². The van der Waals surface area contributed by atoms with Crippen molar-refractivity contribution in [2.24, 2.45) is 0 Å². The van der Waals surface area contributed by atoms with E-state index in [9.17, 15) is 29.1 Å². The molecule has 0 aliphatic rings. The highest BCUT2D eigenvalue weighted by molar-refractivity contribution is 5.87. The average molecular weight is 990 g/mol. The molecule has 0 heterocycles. The summed E-state index contributed by atoms with van der Waals surface area (Å²) in [6.45, 7) is 7.69. The minimum atomic E-state index is -1.04. The maximum atomic E-state index is 13.4. The van der Waals surface area contributed by atoms with Crippen LogP contribution in [0.3, 0.4) is 0 Å². The van der Waals surface area contributed by atoms with Crippen molar-refractivity contribution < 1.29 is 29.1 Å². The lowest BCUT2D eigenvalue weighted by molar-refractivity contribution is -0.142. The molecule has 0 bridgehead atoms. The average Bonchev–Trinajstić information content (AvgIpc) is 3.34. The molecular formula is C60H116N4O6. The first-order valence-corrected chi connectivity index (χ1v) is 30.6. The standard InChI is InChI=1S/C60H116N4O6/c1-4-7-10-13-16-19-22-25-28-31-34-37-40-49-56(65)61-52-45-43-47-54(63-57(66)50-41-38-35-32-29-26-23-20-17-14-11-8-5-2)59(68)62-53-46-44-48-55(60(69)70)64-58(67)51-42-39-36-33-30-27-24-21-18-15-12-9-6-3/h54-55H,4-53H2,1-3H3,(H,61,65)(H,62,68)(H,63,66)(H,64,67)(H,69,70)/t54-,55-/m0/s1. The minimum Gasteiger partial charge on any atom is -0.480 e. The maximum Gasteiger partial charge on any atom is 0.326 e. The molecule has 0 aliphatic carbocycles. The summed E-state index contributed by atoms with van der Waals surface area (Å²) in [5.41, 5.74) is 0. The summed E-state index contributed by atoms with van der Waals surface area (Å²) in [7, 11) is 0. The van der Waals surface area contributed by atoms with Crippen LogP contribution in [0.1, 0.15) is 329 Å². The zero-order valence-electron chi connectivity index (χ0n) is 46.5. The van der Waals surface area contributed by atoms with Crippen molar-refractivity contribution in [1.82, 2.24) is 21.3 Å². The van der Waals surface area contributed by atoms with Gasteiger partial charge >= 0.3 is 5.97 Å². The number of rotatable bonds is 56. The third kappa shape index (κ3) is 49.0. The molecule has 5 N–H and O–H groups in total. The molecule has 0 rings (SSSR count). The van der Waals surface area contributed by atoms with Gasteiger partial charge in [-0.05, 0) is 57.8 Å². The van der Waals surface area contributed by atoms with E-state index in [1.807, 2.05) is 0 Å². The summed E-state index contributed by atoms with van der Waals surface area (Å²) in [6.07, 6.45) is 53.3. The first-order valence-electron chi connectivity index (χ1n) is 30.6. The highest BCUT2D eigenvalue weighted by Crippen LogP contribution is 2.16. The summed E-state index contributed by atoms with van der Waals surface area (Å²) in [5.74, 6) is -1.50. The van der Waals surface area contributed by atoms with Gasteiger partial charge in [-0.2, -0.15) is 0 Å². The van der Waals surface area contributed by atoms with Crippen LogP contribution in [0.25, 0.3) is 0 Å². The van der Waals surface area contributed by atoms with E-state index in [1.165, 1.54) is 199 Å². The number of carboxylic acids is 1. The van der Waals surface area contributed by atoms with Gasteiger partial charge in [-0.3, -0.25) is 19.2 Å². The molecule has 412 valence electrons. The third-order valence-electron chi connectivity index (χ3n) is 14.3. The zero-order chi connectivity index (χ0) is 51.2. The van der Waals surface area contributed by atoms with E-state index in [2.05, 4.69) is 42.0 Å². The quantitative estimate of drug-likeness (QED) is 0.0383. The predicted molar refractivity (Wildman–Crippen MR) is 296 cm³/mol. The lowest BCUT2D eigenvalue weighted by Gasteiger charge is -2.19. The van der Waals surface area contributed by atoms with E-state index in [0.29, 0.717) is 64.5 Å². The Morgan fingerprint density at radius 2 is 0.557 bits per heavy atom. The van der Waals surface area contributed by atoms with Gasteiger partial charge < -0.3 is 26.4 Å². The van der Waals surface area contributed by atoms with Crippen molar-refractivity contribution >= 4 is 29.6 Å². The third-order valence-corrected chi connectivity index (χ3v) is 14.3. The number of hydrogen-bond donors (Lipinski definition) is 5. The molecule has 0 saturated carbocycles. The van der Waals surface area contributed by atoms with Gasteiger partial charge in [0, 0.05) is 32.4 Å². The van der Waals surface area contributed by atoms with Crippen molar-refractivity contribution in [1.29, 1.82) is 0 Å². The van der Waals surface area contributed by atoms with Crippen LogP contribution in [0.15, 0.2) is 0 Å². The molecule has 0 radical (unpaired) electrons. The number of carbonyl (C=O) groups is 5. The van der Waals surface area contributed by atoms with Crippen LogP contribution >= 0.6 is 0 Å². The molecule has 2 atom stereocenters. The first-order chi connectivity index (χ1) is 34.2. The minimum absolute atomic E-state index is 0.0861. The fourth-order valence-electron chi connectivity index (χ4n) is 9.57. The number of carbonyl (C=O) groups excluding carboxylic acids is 4.